The standard InChI is InChI=1S/C50H84O14/c1-3-5-7-9-11-13-14-15-16-17-18-19-20-21-22-23-24-25-26-28-30-32-34-59-36-39(62-42(52)33-31-29-27-12-10-8-6-4-2)37-60-49-48(58)46(56)44(54)41(64-49)38-61-50-47(57)45(55)43(53)40(35-51)63-50/h5,7,11,13,15-16,18-19,21-22,24-25,39-41,43-51,53-58H,3-4,6,8-10,12,14,17,20,23,26-38H2,1-2H3/b7-5-,13-11-,16-15-,19-18-,22-21-,25-24-. The highest BCUT2D eigenvalue weighted by Gasteiger charge is 2.47. The van der Waals surface area contributed by atoms with Gasteiger partial charge in [0.15, 0.2) is 12.6 Å². The second-order valence-corrected chi connectivity index (χ2v) is 16.6. The van der Waals surface area contributed by atoms with Crippen molar-refractivity contribution in [3.05, 3.63) is 72.9 Å². The summed E-state index contributed by atoms with van der Waals surface area (Å²) in [6, 6.07) is 0. The van der Waals surface area contributed by atoms with Gasteiger partial charge in [0, 0.05) is 13.0 Å². The lowest BCUT2D eigenvalue weighted by atomic mass is 9.98. The molecule has 0 aromatic heterocycles. The SMILES string of the molecule is CC/C=C\C/C=C\C/C=C\C/C=C\C/C=C\C/C=C\CCCCCOCC(COC1OC(COC2OC(CO)C(O)C(O)C2O)C(O)C(O)C1O)OC(=O)CCCCCCCCCC. The lowest BCUT2D eigenvalue weighted by Crippen LogP contribution is -2.61. The summed E-state index contributed by atoms with van der Waals surface area (Å²) >= 11 is 0. The zero-order valence-electron chi connectivity index (χ0n) is 38.7. The predicted molar refractivity (Wildman–Crippen MR) is 247 cm³/mol. The third-order valence-corrected chi connectivity index (χ3v) is 11.0. The van der Waals surface area contributed by atoms with Crippen LogP contribution in [0.1, 0.15) is 136 Å². The molecule has 0 bridgehead atoms. The van der Waals surface area contributed by atoms with Crippen molar-refractivity contribution in [1.29, 1.82) is 0 Å². The van der Waals surface area contributed by atoms with Gasteiger partial charge in [0.2, 0.25) is 0 Å². The fraction of sp³-hybridized carbons (Fsp3) is 0.740. The Hall–Kier alpha value is -2.57. The normalized spacial score (nSPS) is 27.4. The zero-order valence-corrected chi connectivity index (χ0v) is 38.7. The summed E-state index contributed by atoms with van der Waals surface area (Å²) in [5, 5.41) is 71.9. The average molecular weight is 909 g/mol. The van der Waals surface area contributed by atoms with Crippen LogP contribution in [0.2, 0.25) is 0 Å². The fourth-order valence-electron chi connectivity index (χ4n) is 7.05. The second-order valence-electron chi connectivity index (χ2n) is 16.6. The van der Waals surface area contributed by atoms with Crippen molar-refractivity contribution < 1.29 is 69.0 Å². The molecule has 7 N–H and O–H groups in total. The lowest BCUT2D eigenvalue weighted by molar-refractivity contribution is -0.332. The maximum Gasteiger partial charge on any atom is 0.306 e. The van der Waals surface area contributed by atoms with Gasteiger partial charge in [0.05, 0.1) is 26.4 Å². The van der Waals surface area contributed by atoms with Gasteiger partial charge in [-0.15, -0.1) is 0 Å². The van der Waals surface area contributed by atoms with Gasteiger partial charge in [-0.05, 0) is 64.2 Å². The molecule has 0 radical (unpaired) electrons. The smallest absolute Gasteiger partial charge is 0.306 e. The van der Waals surface area contributed by atoms with E-state index in [0.717, 1.165) is 83.5 Å². The third kappa shape index (κ3) is 25.4. The molecule has 2 fully saturated rings. The maximum atomic E-state index is 12.9. The van der Waals surface area contributed by atoms with Gasteiger partial charge in [-0.1, -0.05) is 138 Å². The highest BCUT2D eigenvalue weighted by molar-refractivity contribution is 5.69. The Morgan fingerprint density at radius 2 is 1.02 bits per heavy atom. The molecule has 11 unspecified atom stereocenters. The van der Waals surface area contributed by atoms with Crippen LogP contribution in [0.4, 0.5) is 0 Å². The monoisotopic (exact) mass is 909 g/mol. The number of rotatable bonds is 36. The summed E-state index contributed by atoms with van der Waals surface area (Å²) in [4.78, 5) is 12.9. The molecule has 2 aliphatic heterocycles. The summed E-state index contributed by atoms with van der Waals surface area (Å²) in [7, 11) is 0. The van der Waals surface area contributed by atoms with Gasteiger partial charge in [-0.2, -0.15) is 0 Å². The topological polar surface area (TPSA) is 214 Å². The number of esters is 1. The molecule has 14 heteroatoms. The van der Waals surface area contributed by atoms with Gasteiger partial charge >= 0.3 is 5.97 Å². The first-order valence-electron chi connectivity index (χ1n) is 24.0. The number of carbonyl (C=O) groups is 1. The number of carbonyl (C=O) groups excluding carboxylic acids is 1. The number of hydrogen-bond acceptors (Lipinski definition) is 14. The molecule has 2 heterocycles. The van der Waals surface area contributed by atoms with Gasteiger partial charge < -0.3 is 64.2 Å². The molecule has 2 aliphatic rings. The average Bonchev–Trinajstić information content (AvgIpc) is 3.29. The molecule has 368 valence electrons. The van der Waals surface area contributed by atoms with E-state index in [9.17, 15) is 40.5 Å². The summed E-state index contributed by atoms with van der Waals surface area (Å²) in [6.45, 7) is 3.42. The molecule has 0 spiro atoms. The Morgan fingerprint density at radius 1 is 0.531 bits per heavy atom. The van der Waals surface area contributed by atoms with Crippen LogP contribution in [0.5, 0.6) is 0 Å². The summed E-state index contributed by atoms with van der Waals surface area (Å²) in [5.74, 6) is -0.397. The minimum atomic E-state index is -1.71. The quantitative estimate of drug-likeness (QED) is 0.0208. The van der Waals surface area contributed by atoms with Crippen molar-refractivity contribution in [2.75, 3.05) is 33.0 Å². The highest BCUT2D eigenvalue weighted by atomic mass is 16.7. The van der Waals surface area contributed by atoms with E-state index < -0.39 is 86.7 Å². The van der Waals surface area contributed by atoms with E-state index >= 15 is 0 Å². The second kappa shape index (κ2) is 37.5. The zero-order chi connectivity index (χ0) is 46.6. The number of allylic oxidation sites excluding steroid dienone is 12. The van der Waals surface area contributed by atoms with Crippen molar-refractivity contribution in [3.63, 3.8) is 0 Å². The molecule has 0 aliphatic carbocycles. The van der Waals surface area contributed by atoms with Crippen LogP contribution >= 0.6 is 0 Å². The Bertz CT molecular complexity index is 1330. The molecule has 11 atom stereocenters. The van der Waals surface area contributed by atoms with E-state index in [2.05, 4.69) is 86.8 Å². The Kier molecular flexibility index (Phi) is 33.7. The van der Waals surface area contributed by atoms with E-state index in [1.165, 1.54) is 25.7 Å². The molecule has 0 saturated carbocycles. The predicted octanol–water partition coefficient (Wildman–Crippen LogP) is 6.34. The number of hydrogen-bond donors (Lipinski definition) is 7. The molecule has 14 nitrogen and oxygen atoms in total. The van der Waals surface area contributed by atoms with Crippen molar-refractivity contribution in [1.82, 2.24) is 0 Å². The van der Waals surface area contributed by atoms with Crippen LogP contribution in [0.15, 0.2) is 72.9 Å². The van der Waals surface area contributed by atoms with Crippen molar-refractivity contribution in [2.45, 2.75) is 203 Å². The van der Waals surface area contributed by atoms with E-state index in [1.807, 2.05) is 0 Å². The molecular formula is C50H84O14. The van der Waals surface area contributed by atoms with Crippen molar-refractivity contribution in [2.24, 2.45) is 0 Å². The van der Waals surface area contributed by atoms with Crippen LogP contribution < -0.4 is 0 Å². The first-order valence-corrected chi connectivity index (χ1v) is 24.0. The van der Waals surface area contributed by atoms with E-state index in [-0.39, 0.29) is 19.6 Å². The first kappa shape index (κ1) is 57.6. The van der Waals surface area contributed by atoms with Gasteiger partial charge in [-0.3, -0.25) is 4.79 Å². The van der Waals surface area contributed by atoms with E-state index in [1.54, 1.807) is 0 Å². The van der Waals surface area contributed by atoms with Crippen molar-refractivity contribution in [3.8, 4) is 0 Å². The number of unbranched alkanes of at least 4 members (excludes halogenated alkanes) is 10. The highest BCUT2D eigenvalue weighted by Crippen LogP contribution is 2.26. The first-order chi connectivity index (χ1) is 31.1. The van der Waals surface area contributed by atoms with Gasteiger partial charge in [-0.25, -0.2) is 0 Å². The Balaban J connectivity index is 1.76. The lowest BCUT2D eigenvalue weighted by Gasteiger charge is -2.42. The third-order valence-electron chi connectivity index (χ3n) is 11.0. The largest absolute Gasteiger partial charge is 0.457 e. The number of aliphatic hydroxyl groups excluding tert-OH is 7. The summed E-state index contributed by atoms with van der Waals surface area (Å²) in [6.07, 6.45) is 28.5. The van der Waals surface area contributed by atoms with Gasteiger partial charge in [0.25, 0.3) is 0 Å². The van der Waals surface area contributed by atoms with Crippen LogP contribution in [-0.4, -0.2) is 142 Å². The Morgan fingerprint density at radius 3 is 1.58 bits per heavy atom. The summed E-state index contributed by atoms with van der Waals surface area (Å²) < 4.78 is 34.1. The molecule has 0 aromatic carbocycles. The Labute approximate surface area is 383 Å². The van der Waals surface area contributed by atoms with Crippen LogP contribution in [0, 0.1) is 0 Å². The van der Waals surface area contributed by atoms with Crippen LogP contribution in [0.25, 0.3) is 0 Å². The van der Waals surface area contributed by atoms with Crippen LogP contribution in [-0.2, 0) is 33.2 Å². The minimum Gasteiger partial charge on any atom is -0.457 e. The summed E-state index contributed by atoms with van der Waals surface area (Å²) in [5.41, 5.74) is 0. The maximum absolute atomic E-state index is 12.9. The van der Waals surface area contributed by atoms with Crippen LogP contribution in [0.3, 0.4) is 0 Å². The minimum absolute atomic E-state index is 0.0357. The molecule has 64 heavy (non-hydrogen) atoms. The molecular weight excluding hydrogens is 825 g/mol. The van der Waals surface area contributed by atoms with Gasteiger partial charge in [0.1, 0.15) is 54.9 Å². The number of aliphatic hydroxyl groups is 7. The molecule has 0 amide bonds. The molecule has 2 saturated heterocycles. The number of ether oxygens (including phenoxy) is 6. The van der Waals surface area contributed by atoms with Crippen molar-refractivity contribution >= 4 is 5.97 Å². The van der Waals surface area contributed by atoms with E-state index in [0.29, 0.717) is 13.0 Å². The molecule has 2 rings (SSSR count). The van der Waals surface area contributed by atoms with E-state index in [4.69, 9.17) is 28.4 Å². The fourth-order valence-corrected chi connectivity index (χ4v) is 7.05. The molecule has 0 aromatic rings.